The lowest BCUT2D eigenvalue weighted by atomic mass is 9.83. The Balaban J connectivity index is 0.000000461. The summed E-state index contributed by atoms with van der Waals surface area (Å²) in [5.41, 5.74) is 3.66. The van der Waals surface area contributed by atoms with E-state index >= 15 is 0 Å². The maximum Gasteiger partial charge on any atom is 0.673 e. The zero-order valence-electron chi connectivity index (χ0n) is 16.2. The zero-order valence-corrected chi connectivity index (χ0v) is 16.2. The van der Waals surface area contributed by atoms with Crippen molar-refractivity contribution in [2.75, 3.05) is 19.0 Å². The van der Waals surface area contributed by atoms with E-state index in [-0.39, 0.29) is 11.6 Å². The maximum atomic E-state index is 13.0. The van der Waals surface area contributed by atoms with Crippen molar-refractivity contribution in [3.8, 4) is 5.69 Å². The number of ketones is 2. The molecule has 1 aliphatic rings. The van der Waals surface area contributed by atoms with Crippen molar-refractivity contribution in [1.82, 2.24) is 0 Å². The molecule has 4 nitrogen and oxygen atoms in total. The van der Waals surface area contributed by atoms with E-state index in [0.717, 1.165) is 11.4 Å². The Morgan fingerprint density at radius 2 is 1.23 bits per heavy atom. The molecular formula is C21H17BF4N2O2. The van der Waals surface area contributed by atoms with E-state index in [4.69, 9.17) is 0 Å². The predicted molar refractivity (Wildman–Crippen MR) is 106 cm³/mol. The molecule has 4 rings (SSSR count). The van der Waals surface area contributed by atoms with Gasteiger partial charge in [-0.15, -0.1) is 0 Å². The minimum atomic E-state index is -6.00. The number of hydrogen-bond acceptors (Lipinski definition) is 3. The van der Waals surface area contributed by atoms with E-state index in [2.05, 4.69) is 0 Å². The first-order valence-corrected chi connectivity index (χ1v) is 8.95. The Kier molecular flexibility index (Phi) is 5.73. The second kappa shape index (κ2) is 8.10. The summed E-state index contributed by atoms with van der Waals surface area (Å²) >= 11 is 0. The van der Waals surface area contributed by atoms with E-state index in [1.165, 1.54) is 0 Å². The summed E-state index contributed by atoms with van der Waals surface area (Å²) in [5.74, 6) is -0.206. The smallest absolute Gasteiger partial charge is 0.418 e. The van der Waals surface area contributed by atoms with Crippen molar-refractivity contribution in [3.05, 3.63) is 89.2 Å². The Morgan fingerprint density at radius 1 is 0.733 bits per heavy atom. The molecule has 0 saturated carbocycles. The third kappa shape index (κ3) is 4.40. The summed E-state index contributed by atoms with van der Waals surface area (Å²) in [4.78, 5) is 27.9. The summed E-state index contributed by atoms with van der Waals surface area (Å²) in [7, 11) is -2.05. The molecule has 9 heteroatoms. The lowest BCUT2D eigenvalue weighted by molar-refractivity contribution is -0.595. The van der Waals surface area contributed by atoms with Crippen LogP contribution in [0.5, 0.6) is 0 Å². The van der Waals surface area contributed by atoms with Gasteiger partial charge in [0.1, 0.15) is 5.56 Å². The van der Waals surface area contributed by atoms with Gasteiger partial charge in [-0.25, -0.2) is 0 Å². The maximum absolute atomic E-state index is 13.0. The second-order valence-corrected chi connectivity index (χ2v) is 6.76. The average Bonchev–Trinajstić information content (AvgIpc) is 2.70. The molecule has 0 radical (unpaired) electrons. The normalized spacial score (nSPS) is 12.5. The largest absolute Gasteiger partial charge is 0.673 e. The van der Waals surface area contributed by atoms with Gasteiger partial charge in [-0.05, 0) is 6.07 Å². The SMILES string of the molecule is CN(C)c1cc[n+](-c2cccc3c2C(=O)c2ccccc2C3=O)cc1.F[B-](F)(F)F. The molecule has 154 valence electrons. The van der Waals surface area contributed by atoms with E-state index in [9.17, 15) is 26.9 Å². The highest BCUT2D eigenvalue weighted by atomic mass is 19.5. The molecule has 2 aromatic carbocycles. The monoisotopic (exact) mass is 416 g/mol. The van der Waals surface area contributed by atoms with Gasteiger partial charge >= 0.3 is 7.25 Å². The number of anilines is 1. The second-order valence-electron chi connectivity index (χ2n) is 6.76. The first kappa shape index (κ1) is 21.2. The molecule has 0 N–H and O–H groups in total. The van der Waals surface area contributed by atoms with Crippen LogP contribution in [-0.2, 0) is 0 Å². The molecule has 0 saturated heterocycles. The minimum absolute atomic E-state index is 0.0995. The number of carbonyl (C=O) groups excluding carboxylic acids is 2. The van der Waals surface area contributed by atoms with Gasteiger partial charge in [-0.1, -0.05) is 30.3 Å². The molecular weight excluding hydrogens is 399 g/mol. The van der Waals surface area contributed by atoms with Crippen molar-refractivity contribution in [1.29, 1.82) is 0 Å². The van der Waals surface area contributed by atoms with Crippen LogP contribution in [0, 0.1) is 0 Å². The van der Waals surface area contributed by atoms with E-state index in [1.807, 2.05) is 60.2 Å². The lowest BCUT2D eigenvalue weighted by Gasteiger charge is -2.17. The summed E-state index contributed by atoms with van der Waals surface area (Å²) in [5, 5.41) is 0. The van der Waals surface area contributed by atoms with E-state index in [1.54, 1.807) is 30.3 Å². The van der Waals surface area contributed by atoms with Crippen LogP contribution in [0.2, 0.25) is 0 Å². The number of pyridine rings is 1. The minimum Gasteiger partial charge on any atom is -0.418 e. The fourth-order valence-electron chi connectivity index (χ4n) is 3.22. The van der Waals surface area contributed by atoms with Crippen LogP contribution < -0.4 is 9.47 Å². The number of carbonyl (C=O) groups is 2. The van der Waals surface area contributed by atoms with Gasteiger partial charge < -0.3 is 22.2 Å². The predicted octanol–water partition coefficient (Wildman–Crippen LogP) is 4.10. The number of hydrogen-bond donors (Lipinski definition) is 0. The van der Waals surface area contributed by atoms with Crippen molar-refractivity contribution >= 4 is 24.5 Å². The third-order valence-corrected chi connectivity index (χ3v) is 4.54. The molecule has 0 spiro atoms. The van der Waals surface area contributed by atoms with Crippen LogP contribution in [0.15, 0.2) is 67.0 Å². The van der Waals surface area contributed by atoms with Crippen molar-refractivity contribution < 1.29 is 31.4 Å². The summed E-state index contributed by atoms with van der Waals surface area (Å²) < 4.78 is 40.9. The average molecular weight is 416 g/mol. The topological polar surface area (TPSA) is 41.3 Å². The number of aromatic nitrogens is 1. The fraction of sp³-hybridized carbons (Fsp3) is 0.0952. The van der Waals surface area contributed by atoms with Crippen molar-refractivity contribution in [2.45, 2.75) is 0 Å². The molecule has 0 bridgehead atoms. The van der Waals surface area contributed by atoms with Gasteiger partial charge in [0.25, 0.3) is 0 Å². The number of rotatable bonds is 2. The molecule has 0 atom stereocenters. The Hall–Kier alpha value is -3.49. The van der Waals surface area contributed by atoms with Crippen LogP contribution in [0.3, 0.4) is 0 Å². The van der Waals surface area contributed by atoms with E-state index in [0.29, 0.717) is 22.3 Å². The lowest BCUT2D eigenvalue weighted by Crippen LogP contribution is -2.35. The first-order valence-electron chi connectivity index (χ1n) is 8.95. The molecule has 1 heterocycles. The Bertz CT molecular complexity index is 1110. The van der Waals surface area contributed by atoms with E-state index < -0.39 is 7.25 Å². The number of nitrogens with zero attached hydrogens (tertiary/aromatic N) is 2. The number of halogens is 4. The molecule has 3 aromatic rings. The van der Waals surface area contributed by atoms with Crippen LogP contribution in [-0.4, -0.2) is 32.9 Å². The van der Waals surface area contributed by atoms with Gasteiger partial charge in [0.15, 0.2) is 18.2 Å². The molecule has 0 amide bonds. The molecule has 1 aromatic heterocycles. The summed E-state index contributed by atoms with van der Waals surface area (Å²) in [6, 6.07) is 16.4. The van der Waals surface area contributed by atoms with Crippen LogP contribution in [0.25, 0.3) is 5.69 Å². The van der Waals surface area contributed by atoms with Crippen LogP contribution in [0.1, 0.15) is 31.8 Å². The van der Waals surface area contributed by atoms with Gasteiger partial charge in [-0.2, -0.15) is 4.57 Å². The highest BCUT2D eigenvalue weighted by Gasteiger charge is 2.34. The van der Waals surface area contributed by atoms with Gasteiger partial charge in [0.05, 0.1) is 0 Å². The highest BCUT2D eigenvalue weighted by molar-refractivity contribution is 6.50. The van der Waals surface area contributed by atoms with Gasteiger partial charge in [0.2, 0.25) is 11.5 Å². The molecule has 0 fully saturated rings. The Labute approximate surface area is 170 Å². The molecule has 0 aliphatic heterocycles. The number of fused-ring (bicyclic) bond motifs is 2. The van der Waals surface area contributed by atoms with Gasteiger partial charge in [0, 0.05) is 54.7 Å². The van der Waals surface area contributed by atoms with Crippen LogP contribution >= 0.6 is 0 Å². The molecule has 30 heavy (non-hydrogen) atoms. The third-order valence-electron chi connectivity index (χ3n) is 4.54. The quantitative estimate of drug-likeness (QED) is 0.281. The first-order chi connectivity index (χ1) is 14.1. The van der Waals surface area contributed by atoms with Crippen LogP contribution in [0.4, 0.5) is 23.0 Å². The fourth-order valence-corrected chi connectivity index (χ4v) is 3.22. The summed E-state index contributed by atoms with van der Waals surface area (Å²) in [6.45, 7) is 0. The molecule has 1 aliphatic carbocycles. The molecule has 0 unspecified atom stereocenters. The number of benzene rings is 2. The van der Waals surface area contributed by atoms with Gasteiger partial charge in [-0.3, -0.25) is 9.59 Å². The van der Waals surface area contributed by atoms with Crippen molar-refractivity contribution in [3.63, 3.8) is 0 Å². The van der Waals surface area contributed by atoms with Crippen molar-refractivity contribution in [2.24, 2.45) is 0 Å². The standard InChI is InChI=1S/C21H17N2O2.BF4/c1-22(2)14-10-12-23(13-11-14)18-9-5-8-17-19(18)21(25)16-7-4-3-6-15(16)20(17)24;2-1(3,4)5/h3-13H,1-2H3;/q+1;-1. The zero-order chi connectivity index (χ0) is 22.1. The Morgan fingerprint density at radius 3 is 1.77 bits per heavy atom. The highest BCUT2D eigenvalue weighted by Crippen LogP contribution is 2.29. The summed E-state index contributed by atoms with van der Waals surface area (Å²) in [6.07, 6.45) is 3.81.